The van der Waals surface area contributed by atoms with Gasteiger partial charge in [-0.25, -0.2) is 9.78 Å². The fourth-order valence-corrected chi connectivity index (χ4v) is 5.37. The number of anilines is 2. The Balaban J connectivity index is 1.38. The molecule has 2 amide bonds. The number of carboxylic acid groups (broad SMARTS) is 1. The Morgan fingerprint density at radius 1 is 1.45 bits per heavy atom. The standard InChI is InChI=1S/C18H17N5O4S2/c1-2-8-7-28-16-13(15(25)23(16)14(8)17(26)27)22-12(24)6-20-9-3-4-10-11(5-9)29-18(19)21-10/h2-5,13,16,20H,1,6-7H2,(H2,19,21)(H,22,24)(H,26,27)/t13?,16-/m0/s1. The van der Waals surface area contributed by atoms with Gasteiger partial charge in [0.05, 0.1) is 16.8 Å². The fraction of sp³-hybridized carbons (Fsp3) is 0.222. The van der Waals surface area contributed by atoms with E-state index in [9.17, 15) is 19.5 Å². The van der Waals surface area contributed by atoms with Gasteiger partial charge in [-0.05, 0) is 23.8 Å². The molecule has 2 aliphatic rings. The van der Waals surface area contributed by atoms with Gasteiger partial charge in [0, 0.05) is 11.4 Å². The zero-order valence-electron chi connectivity index (χ0n) is 15.0. The highest BCUT2D eigenvalue weighted by Gasteiger charge is 2.53. The molecule has 3 heterocycles. The number of hydrogen-bond donors (Lipinski definition) is 4. The molecular formula is C18H17N5O4S2. The minimum absolute atomic E-state index is 0.0273. The predicted molar refractivity (Wildman–Crippen MR) is 112 cm³/mol. The van der Waals surface area contributed by atoms with E-state index in [0.29, 0.717) is 16.5 Å². The Hall–Kier alpha value is -3.05. The van der Waals surface area contributed by atoms with Crippen LogP contribution >= 0.6 is 23.1 Å². The number of carbonyl (C=O) groups is 3. The zero-order valence-corrected chi connectivity index (χ0v) is 16.7. The number of carbonyl (C=O) groups excluding carboxylic acids is 2. The molecule has 1 saturated heterocycles. The topological polar surface area (TPSA) is 138 Å². The number of β-lactam (4-membered cyclic amide) rings is 1. The molecule has 1 unspecified atom stereocenters. The molecule has 2 aliphatic heterocycles. The molecule has 0 saturated carbocycles. The minimum Gasteiger partial charge on any atom is -0.477 e. The molecule has 1 aromatic carbocycles. The highest BCUT2D eigenvalue weighted by Crippen LogP contribution is 2.40. The third-order valence-corrected chi connectivity index (χ3v) is 6.77. The minimum atomic E-state index is -1.18. The van der Waals surface area contributed by atoms with Crippen molar-refractivity contribution in [2.75, 3.05) is 23.3 Å². The number of hydrogen-bond acceptors (Lipinski definition) is 8. The molecule has 9 nitrogen and oxygen atoms in total. The molecule has 1 fully saturated rings. The second kappa shape index (κ2) is 7.41. The molecule has 0 aliphatic carbocycles. The molecule has 5 N–H and O–H groups in total. The average molecular weight is 431 g/mol. The molecule has 0 spiro atoms. The number of amides is 2. The highest BCUT2D eigenvalue weighted by molar-refractivity contribution is 8.00. The first-order chi connectivity index (χ1) is 13.9. The smallest absolute Gasteiger partial charge is 0.352 e. The fourth-order valence-electron chi connectivity index (χ4n) is 3.26. The molecule has 2 atom stereocenters. The van der Waals surface area contributed by atoms with Gasteiger partial charge in [-0.1, -0.05) is 24.0 Å². The van der Waals surface area contributed by atoms with Crippen LogP contribution in [0.4, 0.5) is 10.8 Å². The van der Waals surface area contributed by atoms with Crippen LogP contribution in [0.3, 0.4) is 0 Å². The van der Waals surface area contributed by atoms with Crippen molar-refractivity contribution in [3.05, 3.63) is 42.1 Å². The molecule has 1 aromatic heterocycles. The van der Waals surface area contributed by atoms with Crippen LogP contribution in [-0.4, -0.2) is 56.5 Å². The summed E-state index contributed by atoms with van der Waals surface area (Å²) in [5, 5.41) is 15.2. The van der Waals surface area contributed by atoms with Crippen molar-refractivity contribution in [1.82, 2.24) is 15.2 Å². The average Bonchev–Trinajstić information content (AvgIpc) is 3.08. The number of nitrogens with one attached hydrogen (secondary N) is 2. The quantitative estimate of drug-likeness (QED) is 0.501. The number of allylic oxidation sites excluding steroid dienone is 1. The van der Waals surface area contributed by atoms with Crippen LogP contribution in [0.25, 0.3) is 10.2 Å². The van der Waals surface area contributed by atoms with Crippen molar-refractivity contribution in [2.24, 2.45) is 0 Å². The van der Waals surface area contributed by atoms with Gasteiger partial charge < -0.3 is 21.5 Å². The molecule has 150 valence electrons. The highest BCUT2D eigenvalue weighted by atomic mass is 32.2. The van der Waals surface area contributed by atoms with Crippen molar-refractivity contribution in [3.8, 4) is 0 Å². The van der Waals surface area contributed by atoms with Crippen LogP contribution in [0.2, 0.25) is 0 Å². The lowest BCUT2D eigenvalue weighted by Crippen LogP contribution is -2.70. The Kier molecular flexibility index (Phi) is 4.92. The summed E-state index contributed by atoms with van der Waals surface area (Å²) in [7, 11) is 0. The van der Waals surface area contributed by atoms with E-state index in [1.807, 2.05) is 12.1 Å². The van der Waals surface area contributed by atoms with E-state index < -0.39 is 23.3 Å². The van der Waals surface area contributed by atoms with E-state index in [1.165, 1.54) is 34.1 Å². The summed E-state index contributed by atoms with van der Waals surface area (Å²) in [6.07, 6.45) is 1.45. The molecule has 0 bridgehead atoms. The number of fused-ring (bicyclic) bond motifs is 2. The molecule has 4 rings (SSSR count). The van der Waals surface area contributed by atoms with Gasteiger partial charge in [0.1, 0.15) is 17.1 Å². The number of aliphatic carboxylic acids is 1. The van der Waals surface area contributed by atoms with Crippen LogP contribution in [0.5, 0.6) is 0 Å². The van der Waals surface area contributed by atoms with Crippen LogP contribution in [0, 0.1) is 0 Å². The Morgan fingerprint density at radius 2 is 2.24 bits per heavy atom. The number of thiazole rings is 1. The number of thioether (sulfide) groups is 1. The summed E-state index contributed by atoms with van der Waals surface area (Å²) < 4.78 is 0.905. The van der Waals surface area contributed by atoms with Crippen LogP contribution in [-0.2, 0) is 14.4 Å². The second-order valence-corrected chi connectivity index (χ2v) is 8.59. The summed E-state index contributed by atoms with van der Waals surface area (Å²) in [5.74, 6) is -1.55. The molecule has 2 aromatic rings. The number of nitrogens with zero attached hydrogens (tertiary/aromatic N) is 2. The van der Waals surface area contributed by atoms with Crippen molar-refractivity contribution >= 4 is 61.9 Å². The van der Waals surface area contributed by atoms with E-state index in [4.69, 9.17) is 5.73 Å². The van der Waals surface area contributed by atoms with Gasteiger partial charge in [-0.2, -0.15) is 0 Å². The summed E-state index contributed by atoms with van der Waals surface area (Å²) in [4.78, 5) is 41.7. The van der Waals surface area contributed by atoms with E-state index in [2.05, 4.69) is 22.2 Å². The van der Waals surface area contributed by atoms with Crippen LogP contribution < -0.4 is 16.4 Å². The number of aromatic nitrogens is 1. The number of nitrogens with two attached hydrogens (primary N) is 1. The lowest BCUT2D eigenvalue weighted by atomic mass is 10.0. The number of nitrogen functional groups attached to an aromatic ring is 1. The monoisotopic (exact) mass is 431 g/mol. The normalized spacial score (nSPS) is 20.8. The van der Waals surface area contributed by atoms with Gasteiger partial charge in [-0.3, -0.25) is 14.5 Å². The third-order valence-electron chi connectivity index (χ3n) is 4.62. The van der Waals surface area contributed by atoms with Gasteiger partial charge in [0.2, 0.25) is 5.91 Å². The van der Waals surface area contributed by atoms with Gasteiger partial charge in [0.15, 0.2) is 5.13 Å². The summed E-state index contributed by atoms with van der Waals surface area (Å²) in [6.45, 7) is 3.58. The van der Waals surface area contributed by atoms with E-state index in [1.54, 1.807) is 6.07 Å². The van der Waals surface area contributed by atoms with E-state index in [0.717, 1.165) is 15.9 Å². The van der Waals surface area contributed by atoms with E-state index in [-0.39, 0.29) is 18.1 Å². The summed E-state index contributed by atoms with van der Waals surface area (Å²) >= 11 is 2.75. The first-order valence-electron chi connectivity index (χ1n) is 8.62. The SMILES string of the molecule is C=CC1=C(C(=O)O)N2C(=O)C(NC(=O)CNc3ccc4nc(N)sc4c3)[C@@H]2SC1. The molecule has 11 heteroatoms. The number of rotatable bonds is 6. The van der Waals surface area contributed by atoms with Crippen molar-refractivity contribution < 1.29 is 19.5 Å². The number of carboxylic acids is 1. The van der Waals surface area contributed by atoms with Gasteiger partial charge in [0.25, 0.3) is 5.91 Å². The largest absolute Gasteiger partial charge is 0.477 e. The zero-order chi connectivity index (χ0) is 20.7. The Morgan fingerprint density at radius 3 is 2.97 bits per heavy atom. The number of benzene rings is 1. The van der Waals surface area contributed by atoms with Crippen LogP contribution in [0.15, 0.2) is 42.1 Å². The molecule has 0 radical (unpaired) electrons. The van der Waals surface area contributed by atoms with Crippen molar-refractivity contribution in [1.29, 1.82) is 0 Å². The van der Waals surface area contributed by atoms with E-state index >= 15 is 0 Å². The third kappa shape index (κ3) is 3.42. The maximum absolute atomic E-state index is 12.5. The maximum atomic E-state index is 12.5. The predicted octanol–water partition coefficient (Wildman–Crippen LogP) is 1.21. The molecule has 29 heavy (non-hydrogen) atoms. The molecular weight excluding hydrogens is 414 g/mol. The Labute approximate surface area is 173 Å². The summed E-state index contributed by atoms with van der Waals surface area (Å²) in [6, 6.07) is 4.71. The maximum Gasteiger partial charge on any atom is 0.352 e. The van der Waals surface area contributed by atoms with Crippen molar-refractivity contribution in [2.45, 2.75) is 11.4 Å². The summed E-state index contributed by atoms with van der Waals surface area (Å²) in [5.41, 5.74) is 7.65. The first-order valence-corrected chi connectivity index (χ1v) is 10.5. The van der Waals surface area contributed by atoms with Gasteiger partial charge >= 0.3 is 5.97 Å². The van der Waals surface area contributed by atoms with Crippen LogP contribution in [0.1, 0.15) is 0 Å². The Bertz CT molecular complexity index is 1080. The first kappa shape index (κ1) is 19.3. The lowest BCUT2D eigenvalue weighted by Gasteiger charge is -2.49. The van der Waals surface area contributed by atoms with Crippen molar-refractivity contribution in [3.63, 3.8) is 0 Å². The lowest BCUT2D eigenvalue weighted by molar-refractivity contribution is -0.150. The second-order valence-electron chi connectivity index (χ2n) is 6.43. The van der Waals surface area contributed by atoms with Gasteiger partial charge in [-0.15, -0.1) is 11.8 Å².